The molecular weight excluding hydrogens is 368 g/mol. The maximum absolute atomic E-state index is 4.84. The van der Waals surface area contributed by atoms with Crippen molar-refractivity contribution in [3.8, 4) is 11.3 Å². The third kappa shape index (κ3) is 3.82. The number of rotatable bonds is 3. The molecule has 120 valence electrons. The van der Waals surface area contributed by atoms with Gasteiger partial charge in [-0.05, 0) is 49.6 Å². The number of thiazole rings is 1. The third-order valence-electron chi connectivity index (χ3n) is 3.90. The van der Waals surface area contributed by atoms with Crippen LogP contribution in [0.2, 0.25) is 0 Å². The minimum absolute atomic E-state index is 0. The minimum Gasteiger partial charge on any atom is -0.317 e. The molecule has 0 unspecified atom stereocenters. The van der Waals surface area contributed by atoms with Gasteiger partial charge < -0.3 is 4.57 Å². The van der Waals surface area contributed by atoms with Gasteiger partial charge >= 0.3 is 0 Å². The summed E-state index contributed by atoms with van der Waals surface area (Å²) in [4.78, 5) is 5.89. The first-order valence-corrected chi connectivity index (χ1v) is 8.42. The highest BCUT2D eigenvalue weighted by Crippen LogP contribution is 2.21. The molecule has 1 aromatic heterocycles. The second kappa shape index (κ2) is 7.75. The van der Waals surface area contributed by atoms with Crippen LogP contribution in [0.1, 0.15) is 18.1 Å². The van der Waals surface area contributed by atoms with E-state index in [2.05, 4.69) is 73.2 Å². The molecule has 0 atom stereocenters. The van der Waals surface area contributed by atoms with Crippen molar-refractivity contribution in [1.82, 2.24) is 4.57 Å². The largest absolute Gasteiger partial charge is 0.317 e. The van der Waals surface area contributed by atoms with Gasteiger partial charge in [0.05, 0.1) is 11.4 Å². The average molecular weight is 389 g/mol. The van der Waals surface area contributed by atoms with Gasteiger partial charge in [-0.15, -0.1) is 28.3 Å². The molecule has 3 aromatic rings. The molecule has 1 heterocycles. The van der Waals surface area contributed by atoms with Gasteiger partial charge in [-0.2, -0.15) is 0 Å². The molecule has 0 aliphatic carbocycles. The van der Waals surface area contributed by atoms with E-state index in [0.717, 1.165) is 17.0 Å². The Morgan fingerprint density at radius 3 is 2.39 bits per heavy atom. The summed E-state index contributed by atoms with van der Waals surface area (Å²) in [7, 11) is 0. The molecule has 0 radical (unpaired) electrons. The predicted octanol–water partition coefficient (Wildman–Crippen LogP) is 5.66. The first-order valence-electron chi connectivity index (χ1n) is 7.54. The highest BCUT2D eigenvalue weighted by atomic mass is 79.9. The maximum Gasteiger partial charge on any atom is 0.190 e. The van der Waals surface area contributed by atoms with E-state index in [1.165, 1.54) is 22.4 Å². The Balaban J connectivity index is 0.00000192. The number of aromatic nitrogens is 1. The van der Waals surface area contributed by atoms with Crippen molar-refractivity contribution >= 4 is 34.0 Å². The Morgan fingerprint density at radius 1 is 1.00 bits per heavy atom. The molecule has 0 saturated carbocycles. The summed E-state index contributed by atoms with van der Waals surface area (Å²) in [5.74, 6) is 0. The van der Waals surface area contributed by atoms with E-state index < -0.39 is 0 Å². The van der Waals surface area contributed by atoms with Gasteiger partial charge in [-0.1, -0.05) is 36.4 Å². The summed E-state index contributed by atoms with van der Waals surface area (Å²) < 4.78 is 2.27. The van der Waals surface area contributed by atoms with Crippen LogP contribution in [-0.2, 0) is 6.54 Å². The Hall–Kier alpha value is -1.65. The molecule has 3 rings (SSSR count). The van der Waals surface area contributed by atoms with Gasteiger partial charge in [0.2, 0.25) is 0 Å². The number of benzene rings is 2. The number of aryl methyl sites for hydroxylation is 2. The van der Waals surface area contributed by atoms with Crippen LogP contribution in [0, 0.1) is 13.8 Å². The lowest BCUT2D eigenvalue weighted by Gasteiger charge is -2.06. The molecule has 4 heteroatoms. The molecule has 23 heavy (non-hydrogen) atoms. The Labute approximate surface area is 151 Å². The van der Waals surface area contributed by atoms with Gasteiger partial charge in [0.25, 0.3) is 0 Å². The molecule has 0 spiro atoms. The monoisotopic (exact) mass is 388 g/mol. The van der Waals surface area contributed by atoms with Crippen molar-refractivity contribution in [3.63, 3.8) is 0 Å². The van der Waals surface area contributed by atoms with E-state index in [1.807, 2.05) is 6.07 Å². The molecule has 0 aliphatic rings. The first kappa shape index (κ1) is 17.7. The lowest BCUT2D eigenvalue weighted by atomic mass is 10.1. The fourth-order valence-corrected chi connectivity index (χ4v) is 3.46. The molecule has 0 amide bonds. The number of halogens is 1. The zero-order valence-electron chi connectivity index (χ0n) is 13.6. The molecule has 0 bridgehead atoms. The van der Waals surface area contributed by atoms with Crippen molar-refractivity contribution in [2.45, 2.75) is 27.3 Å². The highest BCUT2D eigenvalue weighted by molar-refractivity contribution is 8.93. The first-order chi connectivity index (χ1) is 10.7. The standard InChI is InChI=1S/C19H20N2S.BrH/c1-4-21-18(16-8-6-5-7-9-16)13-22-19(21)20-17-11-10-14(2)15(3)12-17;/h5-13H,4H2,1-3H3;1H. The highest BCUT2D eigenvalue weighted by Gasteiger charge is 2.06. The second-order valence-corrected chi connectivity index (χ2v) is 6.23. The molecule has 2 aromatic carbocycles. The summed E-state index contributed by atoms with van der Waals surface area (Å²) in [5.41, 5.74) is 6.08. The zero-order chi connectivity index (χ0) is 15.5. The van der Waals surface area contributed by atoms with Gasteiger partial charge in [0.1, 0.15) is 0 Å². The summed E-state index contributed by atoms with van der Waals surface area (Å²) in [5, 5.41) is 2.19. The summed E-state index contributed by atoms with van der Waals surface area (Å²) in [6.07, 6.45) is 0. The van der Waals surface area contributed by atoms with E-state index in [0.29, 0.717) is 0 Å². The van der Waals surface area contributed by atoms with Crippen molar-refractivity contribution in [2.24, 2.45) is 4.99 Å². The smallest absolute Gasteiger partial charge is 0.190 e. The predicted molar refractivity (Wildman–Crippen MR) is 105 cm³/mol. The quantitative estimate of drug-likeness (QED) is 0.550. The van der Waals surface area contributed by atoms with Crippen LogP contribution in [0.15, 0.2) is 58.9 Å². The van der Waals surface area contributed by atoms with Crippen LogP contribution in [0.3, 0.4) is 0 Å². The summed E-state index contributed by atoms with van der Waals surface area (Å²) >= 11 is 1.70. The Morgan fingerprint density at radius 2 is 1.74 bits per heavy atom. The molecule has 0 fully saturated rings. The summed E-state index contributed by atoms with van der Waals surface area (Å²) in [6.45, 7) is 7.34. The number of hydrogen-bond donors (Lipinski definition) is 0. The van der Waals surface area contributed by atoms with Crippen LogP contribution >= 0.6 is 28.3 Å². The Kier molecular flexibility index (Phi) is 5.97. The SMILES string of the molecule is Br.CCn1c(-c2ccccc2)csc1=Nc1ccc(C)c(C)c1. The van der Waals surface area contributed by atoms with Crippen LogP contribution in [0.5, 0.6) is 0 Å². The van der Waals surface area contributed by atoms with E-state index in [4.69, 9.17) is 4.99 Å². The van der Waals surface area contributed by atoms with Gasteiger partial charge in [0.15, 0.2) is 4.80 Å². The fraction of sp³-hybridized carbons (Fsp3) is 0.211. The second-order valence-electron chi connectivity index (χ2n) is 5.39. The zero-order valence-corrected chi connectivity index (χ0v) is 16.1. The van der Waals surface area contributed by atoms with E-state index in [1.54, 1.807) is 11.3 Å². The van der Waals surface area contributed by atoms with Crippen molar-refractivity contribution < 1.29 is 0 Å². The van der Waals surface area contributed by atoms with Crippen molar-refractivity contribution in [1.29, 1.82) is 0 Å². The van der Waals surface area contributed by atoms with Crippen molar-refractivity contribution in [3.05, 3.63) is 69.8 Å². The third-order valence-corrected chi connectivity index (χ3v) is 4.76. The number of nitrogens with zero attached hydrogens (tertiary/aromatic N) is 2. The van der Waals surface area contributed by atoms with Crippen molar-refractivity contribution in [2.75, 3.05) is 0 Å². The van der Waals surface area contributed by atoms with Gasteiger partial charge in [-0.3, -0.25) is 0 Å². The average Bonchev–Trinajstić information content (AvgIpc) is 2.94. The maximum atomic E-state index is 4.84. The topological polar surface area (TPSA) is 17.3 Å². The van der Waals surface area contributed by atoms with E-state index in [-0.39, 0.29) is 17.0 Å². The molecule has 0 aliphatic heterocycles. The summed E-state index contributed by atoms with van der Waals surface area (Å²) in [6, 6.07) is 16.9. The lowest BCUT2D eigenvalue weighted by Crippen LogP contribution is -2.14. The fourth-order valence-electron chi connectivity index (χ4n) is 2.47. The van der Waals surface area contributed by atoms with Crippen LogP contribution in [-0.4, -0.2) is 4.57 Å². The van der Waals surface area contributed by atoms with Crippen LogP contribution in [0.4, 0.5) is 5.69 Å². The molecular formula is C19H21BrN2S. The van der Waals surface area contributed by atoms with Gasteiger partial charge in [0, 0.05) is 11.9 Å². The lowest BCUT2D eigenvalue weighted by molar-refractivity contribution is 0.745. The van der Waals surface area contributed by atoms with Crippen LogP contribution < -0.4 is 4.80 Å². The number of hydrogen-bond acceptors (Lipinski definition) is 2. The molecule has 0 N–H and O–H groups in total. The molecule has 0 saturated heterocycles. The van der Waals surface area contributed by atoms with Gasteiger partial charge in [-0.25, -0.2) is 4.99 Å². The Bertz CT molecular complexity index is 847. The minimum atomic E-state index is 0. The van der Waals surface area contributed by atoms with Crippen LogP contribution in [0.25, 0.3) is 11.3 Å². The normalized spacial score (nSPS) is 11.3. The van der Waals surface area contributed by atoms with E-state index >= 15 is 0 Å². The van der Waals surface area contributed by atoms with E-state index in [9.17, 15) is 0 Å². The molecule has 2 nitrogen and oxygen atoms in total.